The average Bonchev–Trinajstić information content (AvgIpc) is 2.42. The highest BCUT2D eigenvalue weighted by Gasteiger charge is 2.20. The molecule has 0 aliphatic carbocycles. The van der Waals surface area contributed by atoms with Crippen molar-refractivity contribution in [3.05, 3.63) is 0 Å². The summed E-state index contributed by atoms with van der Waals surface area (Å²) in [5.74, 6) is 0.771. The quantitative estimate of drug-likeness (QED) is 0.665. The smallest absolute Gasteiger partial charge is 0.222 e. The van der Waals surface area contributed by atoms with E-state index < -0.39 is 0 Å². The highest BCUT2D eigenvalue weighted by molar-refractivity contribution is 6.17. The number of carbonyl (C=O) groups excluding carboxylic acids is 1. The topological polar surface area (TPSA) is 26.8 Å². The number of nitrogens with zero attached hydrogens (tertiary/aromatic N) is 3. The number of amides is 1. The number of hydrogen-bond donors (Lipinski definition) is 0. The van der Waals surface area contributed by atoms with E-state index >= 15 is 0 Å². The van der Waals surface area contributed by atoms with Crippen LogP contribution in [0.1, 0.15) is 25.7 Å². The van der Waals surface area contributed by atoms with Crippen molar-refractivity contribution >= 4 is 17.5 Å². The largest absolute Gasteiger partial charge is 0.344 e. The van der Waals surface area contributed by atoms with E-state index in [1.165, 1.54) is 25.9 Å². The lowest BCUT2D eigenvalue weighted by Crippen LogP contribution is -2.44. The molecule has 0 spiro atoms. The summed E-state index contributed by atoms with van der Waals surface area (Å²) in [6, 6.07) is 0.669. The predicted molar refractivity (Wildman–Crippen MR) is 80.7 cm³/mol. The lowest BCUT2D eigenvalue weighted by Gasteiger charge is -2.35. The van der Waals surface area contributed by atoms with Crippen LogP contribution in [0.2, 0.25) is 0 Å². The highest BCUT2D eigenvalue weighted by atomic mass is 35.5. The Bertz CT molecular complexity index is 267. The Morgan fingerprint density at radius 2 is 1.89 bits per heavy atom. The Kier molecular flexibility index (Phi) is 7.73. The Hall–Kier alpha value is -0.320. The minimum Gasteiger partial charge on any atom is -0.344 e. The minimum absolute atomic E-state index is 0.206. The van der Waals surface area contributed by atoms with E-state index in [0.717, 1.165) is 19.5 Å². The Morgan fingerprint density at radius 1 is 1.26 bits per heavy atom. The van der Waals surface area contributed by atoms with E-state index in [2.05, 4.69) is 23.9 Å². The van der Waals surface area contributed by atoms with Gasteiger partial charge in [0.1, 0.15) is 0 Å². The molecule has 19 heavy (non-hydrogen) atoms. The summed E-state index contributed by atoms with van der Waals surface area (Å²) in [6.45, 7) is 4.13. The zero-order valence-corrected chi connectivity index (χ0v) is 13.3. The van der Waals surface area contributed by atoms with Gasteiger partial charge in [0.15, 0.2) is 0 Å². The average molecular weight is 290 g/mol. The van der Waals surface area contributed by atoms with Gasteiger partial charge in [-0.15, -0.1) is 11.6 Å². The molecule has 1 fully saturated rings. The van der Waals surface area contributed by atoms with Crippen molar-refractivity contribution in [1.29, 1.82) is 0 Å². The summed E-state index contributed by atoms with van der Waals surface area (Å²) in [6.07, 6.45) is 3.81. The third kappa shape index (κ3) is 6.11. The first-order chi connectivity index (χ1) is 9.04. The Labute approximate surface area is 122 Å². The lowest BCUT2D eigenvalue weighted by atomic mass is 10.0. The van der Waals surface area contributed by atoms with Crippen LogP contribution in [0.15, 0.2) is 0 Å². The molecule has 5 heteroatoms. The van der Waals surface area contributed by atoms with Crippen molar-refractivity contribution in [3.8, 4) is 0 Å². The number of likely N-dealkylation sites (N-methyl/N-ethyl adjacent to an activating group) is 2. The molecule has 0 N–H and O–H groups in total. The van der Waals surface area contributed by atoms with Crippen LogP contribution in [-0.2, 0) is 4.79 Å². The van der Waals surface area contributed by atoms with Gasteiger partial charge in [0.2, 0.25) is 5.91 Å². The summed E-state index contributed by atoms with van der Waals surface area (Å²) in [5.41, 5.74) is 0. The van der Waals surface area contributed by atoms with Crippen LogP contribution in [0.4, 0.5) is 0 Å². The molecule has 112 valence electrons. The first-order valence-corrected chi connectivity index (χ1v) is 7.76. The van der Waals surface area contributed by atoms with E-state index in [0.29, 0.717) is 18.3 Å². The van der Waals surface area contributed by atoms with E-state index in [1.54, 1.807) is 0 Å². The van der Waals surface area contributed by atoms with Crippen molar-refractivity contribution in [2.24, 2.45) is 0 Å². The zero-order chi connectivity index (χ0) is 14.3. The first-order valence-electron chi connectivity index (χ1n) is 7.23. The van der Waals surface area contributed by atoms with E-state index in [-0.39, 0.29) is 5.91 Å². The lowest BCUT2D eigenvalue weighted by molar-refractivity contribution is -0.130. The number of hydrogen-bond acceptors (Lipinski definition) is 3. The van der Waals surface area contributed by atoms with Gasteiger partial charge in [-0.2, -0.15) is 0 Å². The predicted octanol–water partition coefficient (Wildman–Crippen LogP) is 1.49. The molecule has 0 saturated carbocycles. The van der Waals surface area contributed by atoms with Crippen LogP contribution < -0.4 is 0 Å². The van der Waals surface area contributed by atoms with Gasteiger partial charge in [0, 0.05) is 38.5 Å². The second-order valence-electron chi connectivity index (χ2n) is 5.62. The third-order valence-electron chi connectivity index (χ3n) is 4.05. The summed E-state index contributed by atoms with van der Waals surface area (Å²) in [7, 11) is 6.24. The molecule has 0 atom stereocenters. The maximum Gasteiger partial charge on any atom is 0.222 e. The molecule has 1 amide bonds. The van der Waals surface area contributed by atoms with Gasteiger partial charge >= 0.3 is 0 Å². The molecule has 1 rings (SSSR count). The molecular weight excluding hydrogens is 262 g/mol. The Morgan fingerprint density at radius 3 is 2.47 bits per heavy atom. The number of halogens is 1. The van der Waals surface area contributed by atoms with Gasteiger partial charge in [-0.25, -0.2) is 0 Å². The molecule has 1 saturated heterocycles. The van der Waals surface area contributed by atoms with E-state index in [9.17, 15) is 4.79 Å². The SMILES string of the molecule is CN1CCC(N(C)CCN(C)C(=O)CCCCl)CC1. The summed E-state index contributed by atoms with van der Waals surface area (Å²) >= 11 is 5.61. The van der Waals surface area contributed by atoms with Gasteiger partial charge in [-0.1, -0.05) is 0 Å². The van der Waals surface area contributed by atoms with Crippen molar-refractivity contribution < 1.29 is 4.79 Å². The van der Waals surface area contributed by atoms with Gasteiger partial charge in [0.25, 0.3) is 0 Å². The van der Waals surface area contributed by atoms with Gasteiger partial charge in [-0.3, -0.25) is 4.79 Å². The van der Waals surface area contributed by atoms with Crippen LogP contribution in [0.25, 0.3) is 0 Å². The maximum atomic E-state index is 11.8. The van der Waals surface area contributed by atoms with Crippen LogP contribution in [-0.4, -0.2) is 79.9 Å². The van der Waals surface area contributed by atoms with Gasteiger partial charge < -0.3 is 14.7 Å². The van der Waals surface area contributed by atoms with Crippen LogP contribution >= 0.6 is 11.6 Å². The van der Waals surface area contributed by atoms with Crippen LogP contribution in [0, 0.1) is 0 Å². The molecule has 0 aromatic carbocycles. The standard InChI is InChI=1S/C14H28ClN3O/c1-16-9-6-13(7-10-16)17(2)11-12-18(3)14(19)5-4-8-15/h13H,4-12H2,1-3H3. The molecule has 4 nitrogen and oxygen atoms in total. The molecule has 1 aliphatic rings. The normalized spacial score (nSPS) is 17.9. The van der Waals surface area contributed by atoms with Gasteiger partial charge in [0.05, 0.1) is 0 Å². The van der Waals surface area contributed by atoms with Crippen molar-refractivity contribution in [1.82, 2.24) is 14.7 Å². The fourth-order valence-electron chi connectivity index (χ4n) is 2.46. The number of alkyl halides is 1. The van der Waals surface area contributed by atoms with E-state index in [4.69, 9.17) is 11.6 Å². The molecule has 0 aromatic heterocycles. The first kappa shape index (κ1) is 16.7. The molecular formula is C14H28ClN3O. The van der Waals surface area contributed by atoms with Crippen LogP contribution in [0.3, 0.4) is 0 Å². The summed E-state index contributed by atoms with van der Waals surface area (Å²) in [4.78, 5) is 18.4. The molecule has 0 radical (unpaired) electrons. The number of piperidine rings is 1. The molecule has 1 aliphatic heterocycles. The fraction of sp³-hybridized carbons (Fsp3) is 0.929. The Balaban J connectivity index is 2.21. The molecule has 0 unspecified atom stereocenters. The summed E-state index contributed by atoms with van der Waals surface area (Å²) in [5, 5.41) is 0. The number of rotatable bonds is 7. The molecule has 0 bridgehead atoms. The minimum atomic E-state index is 0.206. The van der Waals surface area contributed by atoms with Crippen LogP contribution in [0.5, 0.6) is 0 Å². The molecule has 0 aromatic rings. The monoisotopic (exact) mass is 289 g/mol. The van der Waals surface area contributed by atoms with Crippen molar-refractivity contribution in [2.45, 2.75) is 31.7 Å². The third-order valence-corrected chi connectivity index (χ3v) is 4.32. The van der Waals surface area contributed by atoms with Gasteiger partial charge in [-0.05, 0) is 46.4 Å². The van der Waals surface area contributed by atoms with E-state index in [1.807, 2.05) is 11.9 Å². The fourth-order valence-corrected chi connectivity index (χ4v) is 2.59. The second-order valence-corrected chi connectivity index (χ2v) is 6.00. The van der Waals surface area contributed by atoms with Crippen molar-refractivity contribution in [3.63, 3.8) is 0 Å². The van der Waals surface area contributed by atoms with Crippen molar-refractivity contribution in [2.75, 3.05) is 53.2 Å². The number of carbonyl (C=O) groups is 1. The second kappa shape index (κ2) is 8.77. The number of likely N-dealkylation sites (tertiary alicyclic amines) is 1. The highest BCUT2D eigenvalue weighted by Crippen LogP contribution is 2.13. The molecule has 1 heterocycles. The summed E-state index contributed by atoms with van der Waals surface area (Å²) < 4.78 is 0. The zero-order valence-electron chi connectivity index (χ0n) is 12.6. The maximum absolute atomic E-state index is 11.8.